The van der Waals surface area contributed by atoms with Gasteiger partial charge in [-0.15, -0.1) is 11.6 Å². The topological polar surface area (TPSA) is 22.1 Å². The first-order chi connectivity index (χ1) is 9.65. The number of rotatable bonds is 5. The fourth-order valence-corrected chi connectivity index (χ4v) is 2.25. The van der Waals surface area contributed by atoms with Crippen molar-refractivity contribution in [3.8, 4) is 11.6 Å². The van der Waals surface area contributed by atoms with Crippen molar-refractivity contribution in [2.45, 2.75) is 39.0 Å². The highest BCUT2D eigenvalue weighted by Crippen LogP contribution is 2.32. The van der Waals surface area contributed by atoms with Crippen molar-refractivity contribution in [2.24, 2.45) is 0 Å². The van der Waals surface area contributed by atoms with E-state index in [9.17, 15) is 0 Å². The standard InChI is InChI=1S/C17H20ClNO/c1-4-12(2)15-7-5-6-8-16(15)20-17-13(3)9-14(10-18)11-19-17/h5-9,11-12H,4,10H2,1-3H3. The molecule has 1 aromatic carbocycles. The number of ether oxygens (including phenoxy) is 1. The molecule has 2 aromatic rings. The molecule has 0 saturated heterocycles. The maximum atomic E-state index is 6.01. The van der Waals surface area contributed by atoms with Gasteiger partial charge in [0.05, 0.1) is 0 Å². The van der Waals surface area contributed by atoms with E-state index in [1.54, 1.807) is 6.20 Å². The van der Waals surface area contributed by atoms with Crippen LogP contribution in [0.15, 0.2) is 36.5 Å². The number of hydrogen-bond acceptors (Lipinski definition) is 2. The fraction of sp³-hybridized carbons (Fsp3) is 0.353. The van der Waals surface area contributed by atoms with E-state index >= 15 is 0 Å². The van der Waals surface area contributed by atoms with Gasteiger partial charge < -0.3 is 4.74 Å². The third-order valence-electron chi connectivity index (χ3n) is 3.51. The summed E-state index contributed by atoms with van der Waals surface area (Å²) in [5, 5.41) is 0. The smallest absolute Gasteiger partial charge is 0.222 e. The number of pyridine rings is 1. The van der Waals surface area contributed by atoms with Crippen molar-refractivity contribution in [2.75, 3.05) is 0 Å². The Labute approximate surface area is 125 Å². The maximum absolute atomic E-state index is 6.01. The van der Waals surface area contributed by atoms with Crippen LogP contribution in [0.3, 0.4) is 0 Å². The van der Waals surface area contributed by atoms with Crippen molar-refractivity contribution in [3.63, 3.8) is 0 Å². The first kappa shape index (κ1) is 14.9. The molecule has 1 atom stereocenters. The Balaban J connectivity index is 2.30. The van der Waals surface area contributed by atoms with Crippen LogP contribution in [-0.2, 0) is 5.88 Å². The molecule has 2 nitrogen and oxygen atoms in total. The van der Waals surface area contributed by atoms with Crippen LogP contribution in [0.5, 0.6) is 11.6 Å². The molecule has 1 heterocycles. The third-order valence-corrected chi connectivity index (χ3v) is 3.82. The summed E-state index contributed by atoms with van der Waals surface area (Å²) >= 11 is 5.82. The minimum Gasteiger partial charge on any atom is -0.438 e. The molecule has 0 aliphatic heterocycles. The van der Waals surface area contributed by atoms with Crippen LogP contribution in [0.1, 0.15) is 42.9 Å². The van der Waals surface area contributed by atoms with E-state index in [2.05, 4.69) is 24.9 Å². The SMILES string of the molecule is CCC(C)c1ccccc1Oc1ncc(CCl)cc1C. The Morgan fingerprint density at radius 2 is 2.05 bits per heavy atom. The van der Waals surface area contributed by atoms with Gasteiger partial charge in [-0.2, -0.15) is 0 Å². The number of benzene rings is 1. The van der Waals surface area contributed by atoms with E-state index in [4.69, 9.17) is 16.3 Å². The van der Waals surface area contributed by atoms with Crippen LogP contribution in [0.25, 0.3) is 0 Å². The summed E-state index contributed by atoms with van der Waals surface area (Å²) in [4.78, 5) is 4.36. The van der Waals surface area contributed by atoms with E-state index in [1.165, 1.54) is 5.56 Å². The Morgan fingerprint density at radius 1 is 1.30 bits per heavy atom. The van der Waals surface area contributed by atoms with Gasteiger partial charge in [-0.3, -0.25) is 0 Å². The second-order valence-electron chi connectivity index (χ2n) is 5.05. The normalized spacial score (nSPS) is 12.2. The minimum absolute atomic E-state index is 0.466. The van der Waals surface area contributed by atoms with Gasteiger partial charge in [0, 0.05) is 17.6 Å². The van der Waals surface area contributed by atoms with Crippen LogP contribution in [0.2, 0.25) is 0 Å². The zero-order valence-corrected chi connectivity index (χ0v) is 12.9. The van der Waals surface area contributed by atoms with Gasteiger partial charge in [-0.05, 0) is 42.5 Å². The lowest BCUT2D eigenvalue weighted by Crippen LogP contribution is -1.98. The summed E-state index contributed by atoms with van der Waals surface area (Å²) in [5.74, 6) is 2.47. The second-order valence-corrected chi connectivity index (χ2v) is 5.32. The minimum atomic E-state index is 0.466. The molecule has 0 bridgehead atoms. The van der Waals surface area contributed by atoms with E-state index in [0.29, 0.717) is 17.7 Å². The molecule has 0 fully saturated rings. The molecule has 0 amide bonds. The van der Waals surface area contributed by atoms with Gasteiger partial charge in [0.25, 0.3) is 0 Å². The Bertz CT molecular complexity index is 583. The van der Waals surface area contributed by atoms with E-state index < -0.39 is 0 Å². The molecule has 0 spiro atoms. The lowest BCUT2D eigenvalue weighted by Gasteiger charge is -2.16. The first-order valence-corrected chi connectivity index (χ1v) is 7.47. The molecule has 0 aliphatic rings. The van der Waals surface area contributed by atoms with Crippen LogP contribution in [-0.4, -0.2) is 4.98 Å². The van der Waals surface area contributed by atoms with Crippen LogP contribution >= 0.6 is 11.6 Å². The lowest BCUT2D eigenvalue weighted by molar-refractivity contribution is 0.448. The molecule has 20 heavy (non-hydrogen) atoms. The molecular formula is C17H20ClNO. The molecule has 0 N–H and O–H groups in total. The zero-order valence-electron chi connectivity index (χ0n) is 12.2. The molecule has 0 saturated carbocycles. The predicted octanol–water partition coefficient (Wildman–Crippen LogP) is 5.43. The lowest BCUT2D eigenvalue weighted by atomic mass is 9.98. The van der Waals surface area contributed by atoms with Gasteiger partial charge in [-0.1, -0.05) is 32.0 Å². The molecule has 0 aliphatic carbocycles. The van der Waals surface area contributed by atoms with Gasteiger partial charge in [0.15, 0.2) is 0 Å². The highest BCUT2D eigenvalue weighted by atomic mass is 35.5. The van der Waals surface area contributed by atoms with Crippen molar-refractivity contribution in [1.29, 1.82) is 0 Å². The van der Waals surface area contributed by atoms with Gasteiger partial charge in [0.1, 0.15) is 5.75 Å². The van der Waals surface area contributed by atoms with Gasteiger partial charge in [0.2, 0.25) is 5.88 Å². The van der Waals surface area contributed by atoms with E-state index in [1.807, 2.05) is 31.2 Å². The summed E-state index contributed by atoms with van der Waals surface area (Å²) in [5.41, 5.74) is 3.23. The third kappa shape index (κ3) is 3.31. The molecule has 2 rings (SSSR count). The largest absolute Gasteiger partial charge is 0.438 e. The number of aromatic nitrogens is 1. The number of para-hydroxylation sites is 1. The first-order valence-electron chi connectivity index (χ1n) is 6.94. The van der Waals surface area contributed by atoms with Gasteiger partial charge in [-0.25, -0.2) is 4.98 Å². The van der Waals surface area contributed by atoms with Crippen molar-refractivity contribution < 1.29 is 4.74 Å². The summed E-state index contributed by atoms with van der Waals surface area (Å²) in [6.07, 6.45) is 2.85. The summed E-state index contributed by atoms with van der Waals surface area (Å²) in [6.45, 7) is 6.38. The van der Waals surface area contributed by atoms with Crippen molar-refractivity contribution in [3.05, 3.63) is 53.2 Å². The van der Waals surface area contributed by atoms with Gasteiger partial charge >= 0.3 is 0 Å². The Morgan fingerprint density at radius 3 is 2.70 bits per heavy atom. The van der Waals surface area contributed by atoms with Crippen LogP contribution in [0, 0.1) is 6.92 Å². The molecular weight excluding hydrogens is 270 g/mol. The van der Waals surface area contributed by atoms with E-state index in [0.717, 1.165) is 23.3 Å². The number of nitrogens with zero attached hydrogens (tertiary/aromatic N) is 1. The zero-order chi connectivity index (χ0) is 14.5. The van der Waals surface area contributed by atoms with Crippen molar-refractivity contribution in [1.82, 2.24) is 4.98 Å². The molecule has 0 radical (unpaired) electrons. The summed E-state index contributed by atoms with van der Waals surface area (Å²) in [6, 6.07) is 10.2. The number of alkyl halides is 1. The van der Waals surface area contributed by atoms with Crippen LogP contribution < -0.4 is 4.74 Å². The second kappa shape index (κ2) is 6.76. The van der Waals surface area contributed by atoms with E-state index in [-0.39, 0.29) is 0 Å². The average Bonchev–Trinajstić information content (AvgIpc) is 2.49. The highest BCUT2D eigenvalue weighted by Gasteiger charge is 2.12. The summed E-state index contributed by atoms with van der Waals surface area (Å²) in [7, 11) is 0. The molecule has 3 heteroatoms. The number of hydrogen-bond donors (Lipinski definition) is 0. The Kier molecular flexibility index (Phi) is 5.02. The molecule has 1 aromatic heterocycles. The maximum Gasteiger partial charge on any atom is 0.222 e. The molecule has 106 valence electrons. The monoisotopic (exact) mass is 289 g/mol. The fourth-order valence-electron chi connectivity index (χ4n) is 2.11. The predicted molar refractivity (Wildman–Crippen MR) is 83.8 cm³/mol. The summed E-state index contributed by atoms with van der Waals surface area (Å²) < 4.78 is 6.01. The van der Waals surface area contributed by atoms with Crippen molar-refractivity contribution >= 4 is 11.6 Å². The average molecular weight is 290 g/mol. The molecule has 1 unspecified atom stereocenters. The Hall–Kier alpha value is -1.54. The van der Waals surface area contributed by atoms with Crippen LogP contribution in [0.4, 0.5) is 0 Å². The number of aryl methyl sites for hydroxylation is 1. The number of halogens is 1. The highest BCUT2D eigenvalue weighted by molar-refractivity contribution is 6.17. The quantitative estimate of drug-likeness (QED) is 0.684.